The van der Waals surface area contributed by atoms with Crippen LogP contribution in [0.4, 0.5) is 13.2 Å². The number of piperidine rings is 1. The van der Waals surface area contributed by atoms with Gasteiger partial charge in [0, 0.05) is 23.2 Å². The second-order valence-corrected chi connectivity index (χ2v) is 10.5. The van der Waals surface area contributed by atoms with Crippen LogP contribution in [0.25, 0.3) is 34.0 Å². The van der Waals surface area contributed by atoms with Gasteiger partial charge < -0.3 is 24.2 Å². The highest BCUT2D eigenvalue weighted by atomic mass is 19.4. The number of aryl methyl sites for hydroxylation is 2. The summed E-state index contributed by atoms with van der Waals surface area (Å²) in [7, 11) is 0. The lowest BCUT2D eigenvalue weighted by atomic mass is 9.85. The molecule has 214 valence electrons. The highest BCUT2D eigenvalue weighted by Gasteiger charge is 2.43. The van der Waals surface area contributed by atoms with Crippen molar-refractivity contribution in [3.05, 3.63) is 70.3 Å². The second kappa shape index (κ2) is 10.8. The number of carbonyl (C=O) groups is 1. The Balaban J connectivity index is 1.28. The predicted octanol–water partition coefficient (Wildman–Crippen LogP) is 5.67. The summed E-state index contributed by atoms with van der Waals surface area (Å²) in [4.78, 5) is 12.4. The molecule has 2 N–H and O–H groups in total. The van der Waals surface area contributed by atoms with Crippen LogP contribution in [-0.4, -0.2) is 41.1 Å². The van der Waals surface area contributed by atoms with Gasteiger partial charge in [-0.25, -0.2) is 0 Å². The average molecular weight is 568 g/mol. The van der Waals surface area contributed by atoms with Crippen LogP contribution >= 0.6 is 0 Å². The molecule has 1 aliphatic heterocycles. The van der Waals surface area contributed by atoms with Crippen LogP contribution in [0.3, 0.4) is 0 Å². The summed E-state index contributed by atoms with van der Waals surface area (Å²) in [6, 6.07) is 11.7. The number of alkyl halides is 3. The third kappa shape index (κ3) is 5.15. The van der Waals surface area contributed by atoms with E-state index in [4.69, 9.17) is 13.8 Å². The fourth-order valence-electron chi connectivity index (χ4n) is 5.67. The zero-order chi connectivity index (χ0) is 28.7. The van der Waals surface area contributed by atoms with Crippen LogP contribution < -0.4 is 5.32 Å². The van der Waals surface area contributed by atoms with Crippen molar-refractivity contribution in [2.24, 2.45) is 5.92 Å². The molecule has 2 aromatic carbocycles. The van der Waals surface area contributed by atoms with Gasteiger partial charge in [-0.15, -0.1) is 0 Å². The van der Waals surface area contributed by atoms with Gasteiger partial charge in [0.1, 0.15) is 24.0 Å². The van der Waals surface area contributed by atoms with E-state index in [0.717, 1.165) is 30.5 Å². The summed E-state index contributed by atoms with van der Waals surface area (Å²) in [5, 5.41) is 22.0. The molecule has 6 rings (SSSR count). The number of rotatable bonds is 6. The van der Waals surface area contributed by atoms with Crippen LogP contribution in [0, 0.1) is 12.8 Å². The number of ether oxygens (including phenoxy) is 1. The summed E-state index contributed by atoms with van der Waals surface area (Å²) >= 11 is 0. The Kier molecular flexibility index (Phi) is 7.16. The first-order valence-electron chi connectivity index (χ1n) is 13.5. The van der Waals surface area contributed by atoms with Crippen molar-refractivity contribution in [1.29, 1.82) is 0 Å². The number of carbonyl (C=O) groups excluding carboxylic acids is 1. The maximum atomic E-state index is 14.3. The molecule has 41 heavy (non-hydrogen) atoms. The van der Waals surface area contributed by atoms with Crippen LogP contribution in [0.2, 0.25) is 0 Å². The van der Waals surface area contributed by atoms with Crippen LogP contribution in [-0.2, 0) is 28.5 Å². The van der Waals surface area contributed by atoms with Gasteiger partial charge >= 0.3 is 12.1 Å². The molecule has 2 atom stereocenters. The maximum absolute atomic E-state index is 14.3. The Morgan fingerprint density at radius 1 is 1.12 bits per heavy atom. The Labute approximate surface area is 233 Å². The number of aliphatic hydroxyl groups excluding tert-OH is 1. The molecule has 4 aromatic rings. The standard InChI is InChI=1S/C30H28F3N3O5/c1-16-12-22-18(13-21(16)23(37)15-39-29(38)19-8-5-11-34-14-19)9-10-20-25(22)35-41-28(20)26-24(30(31,32)33)27(40-36-26)17-6-3-2-4-7-17/h2-4,6-7,12-13,19,23,34,37H,5,8-11,14-15H2,1H3/t19?,23-/m1/s1. The monoisotopic (exact) mass is 567 g/mol. The largest absolute Gasteiger partial charge is 0.462 e. The van der Waals surface area contributed by atoms with Crippen LogP contribution in [0.15, 0.2) is 51.5 Å². The Hall–Kier alpha value is -3.96. The predicted molar refractivity (Wildman–Crippen MR) is 142 cm³/mol. The minimum absolute atomic E-state index is 0.0743. The molecule has 8 nitrogen and oxygen atoms in total. The zero-order valence-corrected chi connectivity index (χ0v) is 22.3. The van der Waals surface area contributed by atoms with E-state index in [1.165, 1.54) is 12.1 Å². The van der Waals surface area contributed by atoms with Crippen LogP contribution in [0.5, 0.6) is 0 Å². The van der Waals surface area contributed by atoms with Gasteiger partial charge in [0.05, 0.1) is 5.92 Å². The van der Waals surface area contributed by atoms with Crippen molar-refractivity contribution in [3.63, 3.8) is 0 Å². The van der Waals surface area contributed by atoms with E-state index >= 15 is 0 Å². The summed E-state index contributed by atoms with van der Waals surface area (Å²) in [6.07, 6.45) is -3.26. The number of esters is 1. The lowest BCUT2D eigenvalue weighted by Gasteiger charge is -2.23. The van der Waals surface area contributed by atoms with E-state index in [1.54, 1.807) is 18.2 Å². The fourth-order valence-corrected chi connectivity index (χ4v) is 5.67. The number of aromatic nitrogens is 2. The molecule has 1 saturated heterocycles. The zero-order valence-electron chi connectivity index (χ0n) is 22.3. The summed E-state index contributed by atoms with van der Waals surface area (Å²) in [5.74, 6) is -1.00. The van der Waals surface area contributed by atoms with Gasteiger partial charge in [-0.2, -0.15) is 13.2 Å². The van der Waals surface area contributed by atoms with E-state index < -0.39 is 23.5 Å². The quantitative estimate of drug-likeness (QED) is 0.287. The number of benzene rings is 2. The Morgan fingerprint density at radius 2 is 1.88 bits per heavy atom. The molecule has 0 radical (unpaired) electrons. The molecule has 0 amide bonds. The van der Waals surface area contributed by atoms with Gasteiger partial charge in [0.15, 0.2) is 17.2 Å². The van der Waals surface area contributed by atoms with E-state index in [2.05, 4.69) is 15.6 Å². The lowest BCUT2D eigenvalue weighted by molar-refractivity contribution is -0.152. The van der Waals surface area contributed by atoms with Crippen molar-refractivity contribution >= 4 is 5.97 Å². The molecular weight excluding hydrogens is 539 g/mol. The number of hydrogen-bond donors (Lipinski definition) is 2. The highest BCUT2D eigenvalue weighted by Crippen LogP contribution is 2.46. The van der Waals surface area contributed by atoms with Crippen molar-refractivity contribution in [1.82, 2.24) is 15.6 Å². The van der Waals surface area contributed by atoms with Crippen molar-refractivity contribution in [2.45, 2.75) is 44.9 Å². The topological polar surface area (TPSA) is 111 Å². The molecule has 0 spiro atoms. The minimum atomic E-state index is -4.74. The van der Waals surface area contributed by atoms with Gasteiger partial charge in [-0.05, 0) is 61.9 Å². The number of hydrogen-bond acceptors (Lipinski definition) is 8. The molecule has 0 saturated carbocycles. The van der Waals surface area contributed by atoms with Crippen molar-refractivity contribution < 1.29 is 36.9 Å². The van der Waals surface area contributed by atoms with Gasteiger partial charge in [0.25, 0.3) is 0 Å². The van der Waals surface area contributed by atoms with Crippen molar-refractivity contribution in [3.8, 4) is 34.0 Å². The fraction of sp³-hybridized carbons (Fsp3) is 0.367. The SMILES string of the molecule is Cc1cc2c(cc1[C@H](O)COC(=O)C1CCCNC1)CCc1c-2noc1-c1noc(-c2ccccc2)c1C(F)(F)F. The number of nitrogens with zero attached hydrogens (tertiary/aromatic N) is 2. The average Bonchev–Trinajstić information content (AvgIpc) is 3.61. The first-order chi connectivity index (χ1) is 19.7. The molecular formula is C30H28F3N3O5. The van der Waals surface area contributed by atoms with Gasteiger partial charge in [-0.3, -0.25) is 4.79 Å². The molecule has 0 bridgehead atoms. The molecule has 1 unspecified atom stereocenters. The molecule has 3 heterocycles. The van der Waals surface area contributed by atoms with Gasteiger partial charge in [-0.1, -0.05) is 46.7 Å². The third-order valence-electron chi connectivity index (χ3n) is 7.78. The van der Waals surface area contributed by atoms with Crippen molar-refractivity contribution in [2.75, 3.05) is 19.7 Å². The highest BCUT2D eigenvalue weighted by molar-refractivity contribution is 5.79. The number of fused-ring (bicyclic) bond motifs is 3. The molecule has 2 aromatic heterocycles. The molecule has 2 aliphatic rings. The normalized spacial score (nSPS) is 17.5. The summed E-state index contributed by atoms with van der Waals surface area (Å²) in [5.41, 5.74) is 2.66. The van der Waals surface area contributed by atoms with E-state index in [9.17, 15) is 23.1 Å². The maximum Gasteiger partial charge on any atom is 0.422 e. The number of halogens is 3. The minimum Gasteiger partial charge on any atom is -0.462 e. The summed E-state index contributed by atoms with van der Waals surface area (Å²) in [6.45, 7) is 3.10. The molecule has 11 heteroatoms. The Bertz CT molecular complexity index is 1570. The first-order valence-corrected chi connectivity index (χ1v) is 13.5. The van der Waals surface area contributed by atoms with E-state index in [-0.39, 0.29) is 35.6 Å². The summed E-state index contributed by atoms with van der Waals surface area (Å²) < 4.78 is 58.9. The smallest absolute Gasteiger partial charge is 0.422 e. The number of nitrogens with one attached hydrogen (secondary N) is 1. The second-order valence-electron chi connectivity index (χ2n) is 10.5. The Morgan fingerprint density at radius 3 is 2.61 bits per heavy atom. The molecule has 1 fully saturated rings. The molecule has 1 aliphatic carbocycles. The first kappa shape index (κ1) is 27.2. The van der Waals surface area contributed by atoms with E-state index in [0.29, 0.717) is 41.8 Å². The van der Waals surface area contributed by atoms with E-state index in [1.807, 2.05) is 19.1 Å². The van der Waals surface area contributed by atoms with Crippen LogP contribution in [0.1, 0.15) is 46.8 Å². The van der Waals surface area contributed by atoms with Gasteiger partial charge in [0.2, 0.25) is 0 Å². The number of aliphatic hydroxyl groups is 1. The third-order valence-corrected chi connectivity index (χ3v) is 7.78. The lowest BCUT2D eigenvalue weighted by Crippen LogP contribution is -2.35.